The Morgan fingerprint density at radius 1 is 1.35 bits per heavy atom. The van der Waals surface area contributed by atoms with Crippen LogP contribution in [0, 0.1) is 12.8 Å². The lowest BCUT2D eigenvalue weighted by atomic mass is 10.2. The van der Waals surface area contributed by atoms with Crippen LogP contribution in [0.4, 0.5) is 0 Å². The van der Waals surface area contributed by atoms with Gasteiger partial charge in [-0.2, -0.15) is 5.10 Å². The Labute approximate surface area is 126 Å². The minimum Gasteiger partial charge on any atom is -0.313 e. The lowest BCUT2D eigenvalue weighted by Gasteiger charge is -2.25. The summed E-state index contributed by atoms with van der Waals surface area (Å²) in [6.07, 6.45) is 5.41. The molecule has 1 unspecified atom stereocenters. The maximum absolute atomic E-state index is 6.40. The van der Waals surface area contributed by atoms with Gasteiger partial charge in [0.1, 0.15) is 0 Å². The fraction of sp³-hybridized carbons (Fsp3) is 0.800. The van der Waals surface area contributed by atoms with E-state index < -0.39 is 0 Å². The van der Waals surface area contributed by atoms with Crippen molar-refractivity contribution in [2.24, 2.45) is 13.0 Å². The van der Waals surface area contributed by atoms with Crippen molar-refractivity contribution in [2.75, 3.05) is 19.6 Å². The second-order valence-corrected chi connectivity index (χ2v) is 6.78. The maximum atomic E-state index is 6.40. The molecule has 2 heterocycles. The monoisotopic (exact) mass is 296 g/mol. The molecule has 0 aromatic carbocycles. The molecule has 2 aliphatic rings. The Balaban J connectivity index is 1.67. The maximum Gasteiger partial charge on any atom is 0.0860 e. The minimum absolute atomic E-state index is 0.654. The average Bonchev–Trinajstić information content (AvgIpc) is 3.01. The molecule has 1 aliphatic heterocycles. The van der Waals surface area contributed by atoms with Crippen molar-refractivity contribution < 1.29 is 0 Å². The Kier molecular flexibility index (Phi) is 4.34. The van der Waals surface area contributed by atoms with Gasteiger partial charge in [0.15, 0.2) is 0 Å². The molecule has 0 radical (unpaired) electrons. The fourth-order valence-electron chi connectivity index (χ4n) is 3.16. The minimum atomic E-state index is 0.654. The van der Waals surface area contributed by atoms with Gasteiger partial charge in [0.25, 0.3) is 0 Å². The molecule has 5 heteroatoms. The summed E-state index contributed by atoms with van der Waals surface area (Å²) in [6, 6.07) is 0.654. The average molecular weight is 297 g/mol. The SMILES string of the molecule is Cc1nn(C)c(CN(CC2CC2)CC2CCCN2)c1Cl. The first-order chi connectivity index (χ1) is 9.63. The molecule has 1 aromatic rings. The van der Waals surface area contributed by atoms with Crippen LogP contribution in [0.2, 0.25) is 5.02 Å². The number of rotatable bonds is 6. The van der Waals surface area contributed by atoms with Gasteiger partial charge in [0, 0.05) is 32.7 Å². The van der Waals surface area contributed by atoms with Crippen LogP contribution < -0.4 is 5.32 Å². The van der Waals surface area contributed by atoms with Crippen molar-refractivity contribution in [3.63, 3.8) is 0 Å². The molecule has 1 aromatic heterocycles. The quantitative estimate of drug-likeness (QED) is 0.875. The summed E-state index contributed by atoms with van der Waals surface area (Å²) < 4.78 is 1.94. The van der Waals surface area contributed by atoms with Crippen LogP contribution >= 0.6 is 11.6 Å². The van der Waals surface area contributed by atoms with Gasteiger partial charge in [-0.05, 0) is 45.1 Å². The van der Waals surface area contributed by atoms with E-state index in [1.807, 2.05) is 18.7 Å². The third-order valence-corrected chi connectivity index (χ3v) is 4.98. The molecular formula is C15H25ClN4. The van der Waals surface area contributed by atoms with Crippen LogP contribution in [-0.2, 0) is 13.6 Å². The van der Waals surface area contributed by atoms with E-state index in [-0.39, 0.29) is 0 Å². The number of hydrogen-bond donors (Lipinski definition) is 1. The molecule has 1 N–H and O–H groups in total. The number of aryl methyl sites for hydroxylation is 2. The highest BCUT2D eigenvalue weighted by Gasteiger charge is 2.27. The summed E-state index contributed by atoms with van der Waals surface area (Å²) >= 11 is 6.40. The Hall–Kier alpha value is -0.580. The molecule has 0 spiro atoms. The van der Waals surface area contributed by atoms with Crippen LogP contribution in [0.25, 0.3) is 0 Å². The molecule has 0 bridgehead atoms. The van der Waals surface area contributed by atoms with E-state index in [4.69, 9.17) is 11.6 Å². The van der Waals surface area contributed by atoms with Crippen LogP contribution in [0.5, 0.6) is 0 Å². The summed E-state index contributed by atoms with van der Waals surface area (Å²) in [7, 11) is 2.00. The normalized spacial score (nSPS) is 22.9. The molecule has 1 aliphatic carbocycles. The summed E-state index contributed by atoms with van der Waals surface area (Å²) in [4.78, 5) is 2.57. The molecule has 1 atom stereocenters. The third-order valence-electron chi connectivity index (χ3n) is 4.49. The second kappa shape index (κ2) is 6.04. The van der Waals surface area contributed by atoms with Gasteiger partial charge in [0.2, 0.25) is 0 Å². The van der Waals surface area contributed by atoms with Crippen LogP contribution in [0.3, 0.4) is 0 Å². The Morgan fingerprint density at radius 3 is 2.70 bits per heavy atom. The topological polar surface area (TPSA) is 33.1 Å². The van der Waals surface area contributed by atoms with E-state index in [1.54, 1.807) is 0 Å². The first-order valence-corrected chi connectivity index (χ1v) is 8.15. The molecule has 2 fully saturated rings. The van der Waals surface area contributed by atoms with Crippen molar-refractivity contribution in [1.82, 2.24) is 20.0 Å². The summed E-state index contributed by atoms with van der Waals surface area (Å²) in [5.41, 5.74) is 2.09. The summed E-state index contributed by atoms with van der Waals surface area (Å²) in [5, 5.41) is 8.88. The van der Waals surface area contributed by atoms with Crippen LogP contribution in [0.15, 0.2) is 0 Å². The Bertz CT molecular complexity index is 461. The van der Waals surface area contributed by atoms with E-state index in [1.165, 1.54) is 38.8 Å². The van der Waals surface area contributed by atoms with Gasteiger partial charge in [0.05, 0.1) is 16.4 Å². The third kappa shape index (κ3) is 3.35. The predicted octanol–water partition coefficient (Wildman–Crippen LogP) is 2.35. The molecule has 112 valence electrons. The first-order valence-electron chi connectivity index (χ1n) is 7.77. The molecule has 1 saturated heterocycles. The highest BCUT2D eigenvalue weighted by Crippen LogP contribution is 2.31. The van der Waals surface area contributed by atoms with Crippen molar-refractivity contribution >= 4 is 11.6 Å². The van der Waals surface area contributed by atoms with Crippen molar-refractivity contribution in [2.45, 2.75) is 45.2 Å². The van der Waals surface area contributed by atoms with Crippen LogP contribution in [-0.4, -0.2) is 40.4 Å². The summed E-state index contributed by atoms with van der Waals surface area (Å²) in [5.74, 6) is 0.907. The van der Waals surface area contributed by atoms with E-state index in [0.717, 1.165) is 35.4 Å². The van der Waals surface area contributed by atoms with Gasteiger partial charge >= 0.3 is 0 Å². The van der Waals surface area contributed by atoms with E-state index in [2.05, 4.69) is 15.3 Å². The molecule has 4 nitrogen and oxygen atoms in total. The number of aromatic nitrogens is 2. The van der Waals surface area contributed by atoms with Crippen molar-refractivity contribution in [1.29, 1.82) is 0 Å². The number of nitrogens with one attached hydrogen (secondary N) is 1. The van der Waals surface area contributed by atoms with Gasteiger partial charge < -0.3 is 5.32 Å². The highest BCUT2D eigenvalue weighted by atomic mass is 35.5. The zero-order valence-corrected chi connectivity index (χ0v) is 13.3. The standard InChI is InChI=1S/C15H25ClN4/c1-11-15(16)14(19(2)18-11)10-20(8-12-5-6-12)9-13-4-3-7-17-13/h12-13,17H,3-10H2,1-2H3. The predicted molar refractivity (Wildman–Crippen MR) is 82.0 cm³/mol. The van der Waals surface area contributed by atoms with Gasteiger partial charge in [-0.15, -0.1) is 0 Å². The van der Waals surface area contributed by atoms with Gasteiger partial charge in [-0.3, -0.25) is 9.58 Å². The number of halogens is 1. The lowest BCUT2D eigenvalue weighted by molar-refractivity contribution is 0.226. The number of hydrogen-bond acceptors (Lipinski definition) is 3. The zero-order chi connectivity index (χ0) is 14.1. The molecule has 0 amide bonds. The molecule has 3 rings (SSSR count). The second-order valence-electron chi connectivity index (χ2n) is 6.40. The molecule has 20 heavy (non-hydrogen) atoms. The summed E-state index contributed by atoms with van der Waals surface area (Å²) in [6.45, 7) is 6.42. The van der Waals surface area contributed by atoms with Crippen LogP contribution in [0.1, 0.15) is 37.1 Å². The van der Waals surface area contributed by atoms with E-state index in [0.29, 0.717) is 6.04 Å². The highest BCUT2D eigenvalue weighted by molar-refractivity contribution is 6.31. The number of nitrogens with zero attached hydrogens (tertiary/aromatic N) is 3. The van der Waals surface area contributed by atoms with Crippen molar-refractivity contribution in [3.8, 4) is 0 Å². The lowest BCUT2D eigenvalue weighted by Crippen LogP contribution is -2.38. The smallest absolute Gasteiger partial charge is 0.0860 e. The van der Waals surface area contributed by atoms with Crippen molar-refractivity contribution in [3.05, 3.63) is 16.4 Å². The largest absolute Gasteiger partial charge is 0.313 e. The molecular weight excluding hydrogens is 272 g/mol. The molecule has 1 saturated carbocycles. The fourth-order valence-corrected chi connectivity index (χ4v) is 3.38. The van der Waals surface area contributed by atoms with E-state index in [9.17, 15) is 0 Å². The first kappa shape index (κ1) is 14.4. The van der Waals surface area contributed by atoms with Gasteiger partial charge in [-0.25, -0.2) is 0 Å². The Morgan fingerprint density at radius 2 is 2.15 bits per heavy atom. The zero-order valence-electron chi connectivity index (χ0n) is 12.5. The van der Waals surface area contributed by atoms with E-state index >= 15 is 0 Å². The van der Waals surface area contributed by atoms with Gasteiger partial charge in [-0.1, -0.05) is 11.6 Å².